The second kappa shape index (κ2) is 10.9. The molecule has 3 fully saturated rings. The Balaban J connectivity index is 1.45. The summed E-state index contributed by atoms with van der Waals surface area (Å²) >= 11 is 0. The summed E-state index contributed by atoms with van der Waals surface area (Å²) in [5.74, 6) is -0.463. The molecule has 2 aromatic carbocycles. The van der Waals surface area contributed by atoms with Crippen molar-refractivity contribution in [2.75, 3.05) is 6.26 Å². The van der Waals surface area contributed by atoms with Crippen LogP contribution in [-0.2, 0) is 25.8 Å². The van der Waals surface area contributed by atoms with Gasteiger partial charge in [-0.3, -0.25) is 9.69 Å². The summed E-state index contributed by atoms with van der Waals surface area (Å²) in [6, 6.07) is 16.2. The Kier molecular flexibility index (Phi) is 7.98. The smallest absolute Gasteiger partial charge is 0.411 e. The maximum atomic E-state index is 13.5. The first kappa shape index (κ1) is 27.8. The SMILES string of the molecule is CC(C)(C)OC(=O)N1C2CCC(CC2)[C@H]1C(=O)C[C@H](C#N)Cc1ccc(-c2cccc(S(C)(=O)=O)c2)cc1. The summed E-state index contributed by atoms with van der Waals surface area (Å²) in [5.41, 5.74) is 1.94. The molecule has 0 radical (unpaired) electrons. The van der Waals surface area contributed by atoms with E-state index < -0.39 is 33.5 Å². The molecule has 1 aliphatic carbocycles. The Morgan fingerprint density at radius 3 is 2.29 bits per heavy atom. The van der Waals surface area contributed by atoms with Crippen LogP contribution in [0.5, 0.6) is 0 Å². The monoisotopic (exact) mass is 536 g/mol. The number of nitriles is 1. The van der Waals surface area contributed by atoms with Gasteiger partial charge in [-0.2, -0.15) is 5.26 Å². The molecule has 0 aromatic heterocycles. The van der Waals surface area contributed by atoms with Crippen molar-refractivity contribution >= 4 is 21.7 Å². The number of hydrogen-bond donors (Lipinski definition) is 0. The number of hydrogen-bond acceptors (Lipinski definition) is 6. The summed E-state index contributed by atoms with van der Waals surface area (Å²) in [7, 11) is -3.30. The van der Waals surface area contributed by atoms with E-state index in [2.05, 4.69) is 6.07 Å². The van der Waals surface area contributed by atoms with Crippen LogP contribution >= 0.6 is 0 Å². The number of ether oxygens (including phenoxy) is 1. The first-order chi connectivity index (χ1) is 17.9. The minimum atomic E-state index is -3.30. The molecule has 3 aliphatic rings. The van der Waals surface area contributed by atoms with Crippen molar-refractivity contribution in [2.24, 2.45) is 11.8 Å². The predicted molar refractivity (Wildman–Crippen MR) is 145 cm³/mol. The molecule has 0 spiro atoms. The van der Waals surface area contributed by atoms with Gasteiger partial charge in [0.25, 0.3) is 0 Å². The fourth-order valence-electron chi connectivity index (χ4n) is 5.70. The number of carbonyl (C=O) groups is 2. The molecule has 2 heterocycles. The van der Waals surface area contributed by atoms with E-state index >= 15 is 0 Å². The van der Waals surface area contributed by atoms with E-state index in [4.69, 9.17) is 4.74 Å². The molecule has 0 unspecified atom stereocenters. The van der Waals surface area contributed by atoms with E-state index in [-0.39, 0.29) is 29.1 Å². The second-order valence-corrected chi connectivity index (χ2v) is 13.6. The summed E-state index contributed by atoms with van der Waals surface area (Å²) in [4.78, 5) is 28.5. The van der Waals surface area contributed by atoms with Gasteiger partial charge < -0.3 is 4.74 Å². The molecule has 1 amide bonds. The van der Waals surface area contributed by atoms with Crippen LogP contribution in [-0.4, -0.2) is 49.1 Å². The molecule has 38 heavy (non-hydrogen) atoms. The van der Waals surface area contributed by atoms with E-state index in [9.17, 15) is 23.3 Å². The van der Waals surface area contributed by atoms with Crippen LogP contribution in [0.1, 0.15) is 58.4 Å². The number of fused-ring (bicyclic) bond motifs is 3. The maximum Gasteiger partial charge on any atom is 0.411 e. The quantitative estimate of drug-likeness (QED) is 0.458. The van der Waals surface area contributed by atoms with Gasteiger partial charge in [-0.1, -0.05) is 36.4 Å². The normalized spacial score (nSPS) is 22.0. The van der Waals surface area contributed by atoms with Crippen LogP contribution in [0.15, 0.2) is 53.4 Å². The van der Waals surface area contributed by atoms with Crippen LogP contribution in [0.2, 0.25) is 0 Å². The lowest BCUT2D eigenvalue weighted by atomic mass is 9.72. The van der Waals surface area contributed by atoms with Gasteiger partial charge in [0, 0.05) is 18.7 Å². The van der Waals surface area contributed by atoms with Gasteiger partial charge in [0.1, 0.15) is 5.60 Å². The number of sulfone groups is 1. The molecule has 8 heteroatoms. The fourth-order valence-corrected chi connectivity index (χ4v) is 6.36. The van der Waals surface area contributed by atoms with Crippen molar-refractivity contribution in [3.63, 3.8) is 0 Å². The molecular weight excluding hydrogens is 500 g/mol. The number of piperidine rings is 2. The fraction of sp³-hybridized carbons (Fsp3) is 0.500. The number of ketones is 1. The van der Waals surface area contributed by atoms with Crippen LogP contribution in [0.4, 0.5) is 4.79 Å². The Bertz CT molecular complexity index is 1330. The zero-order valence-electron chi connectivity index (χ0n) is 22.5. The molecule has 1 saturated carbocycles. The van der Waals surface area contributed by atoms with Gasteiger partial charge in [0.15, 0.2) is 15.6 Å². The molecule has 2 saturated heterocycles. The highest BCUT2D eigenvalue weighted by Crippen LogP contribution is 2.41. The van der Waals surface area contributed by atoms with Crippen molar-refractivity contribution in [3.05, 3.63) is 54.1 Å². The number of nitrogens with zero attached hydrogens (tertiary/aromatic N) is 2. The number of carbonyl (C=O) groups excluding carboxylic acids is 2. The lowest BCUT2D eigenvalue weighted by molar-refractivity contribution is -0.133. The number of Topliss-reactive ketones (excluding diaryl/α,β-unsaturated/α-hetero) is 1. The Labute approximate surface area is 225 Å². The van der Waals surface area contributed by atoms with E-state index in [1.165, 1.54) is 6.26 Å². The average Bonchev–Trinajstić information content (AvgIpc) is 2.87. The van der Waals surface area contributed by atoms with E-state index in [1.807, 2.05) is 51.1 Å². The molecule has 2 aliphatic heterocycles. The standard InChI is InChI=1S/C30H36N2O5S/c1-30(2,3)37-29(34)32-25-14-12-23(13-15-25)28(32)27(33)17-21(19-31)16-20-8-10-22(11-9-20)24-6-5-7-26(18-24)38(4,35)36/h5-11,18,21,23,25,28H,12-17H2,1-4H3/t21-,23?,25?,28+/m1/s1. The van der Waals surface area contributed by atoms with E-state index in [0.29, 0.717) is 6.42 Å². The summed E-state index contributed by atoms with van der Waals surface area (Å²) in [6.07, 6.45) is 4.85. The minimum Gasteiger partial charge on any atom is -0.444 e. The molecule has 5 rings (SSSR count). The molecule has 0 N–H and O–H groups in total. The van der Waals surface area contributed by atoms with Gasteiger partial charge in [-0.05, 0) is 87.6 Å². The third-order valence-electron chi connectivity index (χ3n) is 7.48. The molecule has 2 atom stereocenters. The van der Waals surface area contributed by atoms with Crippen molar-refractivity contribution in [2.45, 2.75) is 81.9 Å². The number of rotatable bonds is 7. The summed E-state index contributed by atoms with van der Waals surface area (Å²) < 4.78 is 29.4. The van der Waals surface area contributed by atoms with E-state index in [1.54, 1.807) is 23.1 Å². The largest absolute Gasteiger partial charge is 0.444 e. The van der Waals surface area contributed by atoms with Crippen molar-refractivity contribution in [3.8, 4) is 17.2 Å². The van der Waals surface area contributed by atoms with Crippen LogP contribution < -0.4 is 0 Å². The number of benzene rings is 2. The Morgan fingerprint density at radius 2 is 1.71 bits per heavy atom. The minimum absolute atomic E-state index is 0.0121. The van der Waals surface area contributed by atoms with Crippen LogP contribution in [0.3, 0.4) is 0 Å². The van der Waals surface area contributed by atoms with Gasteiger partial charge in [-0.25, -0.2) is 13.2 Å². The molecule has 2 bridgehead atoms. The molecular formula is C30H36N2O5S. The lowest BCUT2D eigenvalue weighted by Gasteiger charge is -2.50. The molecule has 7 nitrogen and oxygen atoms in total. The zero-order chi connectivity index (χ0) is 27.7. The lowest BCUT2D eigenvalue weighted by Crippen LogP contribution is -2.61. The highest BCUT2D eigenvalue weighted by molar-refractivity contribution is 7.90. The van der Waals surface area contributed by atoms with Crippen molar-refractivity contribution < 1.29 is 22.7 Å². The third-order valence-corrected chi connectivity index (χ3v) is 8.59. The van der Waals surface area contributed by atoms with Gasteiger partial charge >= 0.3 is 6.09 Å². The summed E-state index contributed by atoms with van der Waals surface area (Å²) in [5, 5.41) is 9.87. The van der Waals surface area contributed by atoms with Gasteiger partial charge in [0.2, 0.25) is 0 Å². The van der Waals surface area contributed by atoms with Crippen LogP contribution in [0, 0.1) is 23.2 Å². The maximum absolute atomic E-state index is 13.5. The van der Waals surface area contributed by atoms with Crippen LogP contribution in [0.25, 0.3) is 11.1 Å². The second-order valence-electron chi connectivity index (χ2n) is 11.6. The number of amides is 1. The van der Waals surface area contributed by atoms with Crippen molar-refractivity contribution in [1.29, 1.82) is 5.26 Å². The average molecular weight is 537 g/mol. The zero-order valence-corrected chi connectivity index (χ0v) is 23.3. The summed E-state index contributed by atoms with van der Waals surface area (Å²) in [6.45, 7) is 5.47. The van der Waals surface area contributed by atoms with Gasteiger partial charge in [-0.15, -0.1) is 0 Å². The Morgan fingerprint density at radius 1 is 1.05 bits per heavy atom. The van der Waals surface area contributed by atoms with Crippen molar-refractivity contribution in [1.82, 2.24) is 4.90 Å². The molecule has 2 aromatic rings. The first-order valence-electron chi connectivity index (χ1n) is 13.2. The third kappa shape index (κ3) is 6.44. The Hall–Kier alpha value is -3.18. The van der Waals surface area contributed by atoms with Gasteiger partial charge in [0.05, 0.1) is 22.9 Å². The topological polar surface area (TPSA) is 105 Å². The molecule has 202 valence electrons. The highest BCUT2D eigenvalue weighted by Gasteiger charge is 2.48. The first-order valence-corrected chi connectivity index (χ1v) is 15.1. The van der Waals surface area contributed by atoms with E-state index in [0.717, 1.165) is 42.4 Å². The highest BCUT2D eigenvalue weighted by atomic mass is 32.2. The predicted octanol–water partition coefficient (Wildman–Crippen LogP) is 5.58.